The van der Waals surface area contributed by atoms with Crippen molar-refractivity contribution in [2.45, 2.75) is 25.5 Å². The Hall–Kier alpha value is -0.570. The van der Waals surface area contributed by atoms with Crippen LogP contribution in [-0.4, -0.2) is 23.2 Å². The zero-order valence-electron chi connectivity index (χ0n) is 4.72. The predicted octanol–water partition coefficient (Wildman–Crippen LogP) is -0.744. The molecule has 1 aliphatic rings. The molecule has 0 unspecified atom stereocenters. The Morgan fingerprint density at radius 2 is 2.50 bits per heavy atom. The first-order chi connectivity index (χ1) is 3.70. The third-order valence-corrected chi connectivity index (χ3v) is 1.36. The van der Waals surface area contributed by atoms with Gasteiger partial charge in [0, 0.05) is 0 Å². The third-order valence-electron chi connectivity index (χ3n) is 1.36. The van der Waals surface area contributed by atoms with Crippen molar-refractivity contribution in [2.24, 2.45) is 0 Å². The number of rotatable bonds is 0. The van der Waals surface area contributed by atoms with Crippen LogP contribution in [0.5, 0.6) is 0 Å². The molecule has 0 aromatic carbocycles. The fraction of sp³-hybridized carbons (Fsp3) is 0.800. The highest BCUT2D eigenvalue weighted by Gasteiger charge is 2.25. The molecule has 2 N–H and O–H groups in total. The molecule has 3 nitrogen and oxygen atoms in total. The zero-order valence-corrected chi connectivity index (χ0v) is 4.72. The van der Waals surface area contributed by atoms with Gasteiger partial charge in [-0.1, -0.05) is 0 Å². The van der Waals surface area contributed by atoms with Crippen LogP contribution in [0, 0.1) is 0 Å². The second-order valence-electron chi connectivity index (χ2n) is 2.13. The molecule has 0 aromatic rings. The van der Waals surface area contributed by atoms with Gasteiger partial charge in [0.2, 0.25) is 5.91 Å². The van der Waals surface area contributed by atoms with Crippen LogP contribution in [0.1, 0.15) is 13.3 Å². The maximum absolute atomic E-state index is 10.4. The summed E-state index contributed by atoms with van der Waals surface area (Å²) in [6, 6.07) is -0.0532. The first-order valence-electron chi connectivity index (χ1n) is 2.67. The first-order valence-corrected chi connectivity index (χ1v) is 2.67. The molecular formula is C5H9NO2. The van der Waals surface area contributed by atoms with E-state index >= 15 is 0 Å². The van der Waals surface area contributed by atoms with Crippen LogP contribution in [0.3, 0.4) is 0 Å². The van der Waals surface area contributed by atoms with Gasteiger partial charge in [-0.05, 0) is 6.92 Å². The molecule has 0 spiro atoms. The molecule has 0 saturated carbocycles. The van der Waals surface area contributed by atoms with E-state index in [0.717, 1.165) is 0 Å². The van der Waals surface area contributed by atoms with Crippen LogP contribution in [0.15, 0.2) is 0 Å². The van der Waals surface area contributed by atoms with Gasteiger partial charge < -0.3 is 10.4 Å². The van der Waals surface area contributed by atoms with Gasteiger partial charge in [-0.2, -0.15) is 0 Å². The number of nitrogens with one attached hydrogen (secondary N) is 1. The highest BCUT2D eigenvalue weighted by atomic mass is 16.3. The number of aliphatic hydroxyl groups excluding tert-OH is 1. The minimum Gasteiger partial charge on any atom is -0.390 e. The summed E-state index contributed by atoms with van der Waals surface area (Å²) in [5.74, 6) is -0.0509. The van der Waals surface area contributed by atoms with Gasteiger partial charge >= 0.3 is 0 Å². The molecule has 0 aliphatic carbocycles. The van der Waals surface area contributed by atoms with Crippen molar-refractivity contribution in [2.75, 3.05) is 0 Å². The number of hydrogen-bond donors (Lipinski definition) is 2. The van der Waals surface area contributed by atoms with E-state index in [1.165, 1.54) is 0 Å². The summed E-state index contributed by atoms with van der Waals surface area (Å²) >= 11 is 0. The van der Waals surface area contributed by atoms with Crippen molar-refractivity contribution >= 4 is 5.91 Å². The summed E-state index contributed by atoms with van der Waals surface area (Å²) in [4.78, 5) is 10.4. The van der Waals surface area contributed by atoms with Crippen molar-refractivity contribution in [3.63, 3.8) is 0 Å². The van der Waals surface area contributed by atoms with Crippen LogP contribution in [0.25, 0.3) is 0 Å². The quantitative estimate of drug-likeness (QED) is 0.436. The highest BCUT2D eigenvalue weighted by molar-refractivity contribution is 5.79. The van der Waals surface area contributed by atoms with E-state index in [4.69, 9.17) is 5.11 Å². The van der Waals surface area contributed by atoms with Gasteiger partial charge in [-0.15, -0.1) is 0 Å². The molecule has 0 aromatic heterocycles. The smallest absolute Gasteiger partial charge is 0.222 e. The maximum Gasteiger partial charge on any atom is 0.222 e. The second-order valence-corrected chi connectivity index (χ2v) is 2.13. The van der Waals surface area contributed by atoms with E-state index in [1.807, 2.05) is 0 Å². The SMILES string of the molecule is C[C@@H]1NC(=O)C[C@H]1O. The highest BCUT2D eigenvalue weighted by Crippen LogP contribution is 2.05. The maximum atomic E-state index is 10.4. The van der Waals surface area contributed by atoms with Gasteiger partial charge in [0.1, 0.15) is 0 Å². The Morgan fingerprint density at radius 1 is 1.88 bits per heavy atom. The van der Waals surface area contributed by atoms with Gasteiger partial charge in [0.15, 0.2) is 0 Å². The summed E-state index contributed by atoms with van der Waals surface area (Å²) < 4.78 is 0. The molecule has 8 heavy (non-hydrogen) atoms. The topological polar surface area (TPSA) is 49.3 Å². The Balaban J connectivity index is 2.51. The van der Waals surface area contributed by atoms with Crippen molar-refractivity contribution < 1.29 is 9.90 Å². The van der Waals surface area contributed by atoms with Gasteiger partial charge in [0.05, 0.1) is 18.6 Å². The summed E-state index contributed by atoms with van der Waals surface area (Å²) in [6.07, 6.45) is -0.205. The largest absolute Gasteiger partial charge is 0.390 e. The van der Waals surface area contributed by atoms with E-state index < -0.39 is 6.10 Å². The number of carbonyl (C=O) groups is 1. The molecule has 0 bridgehead atoms. The monoisotopic (exact) mass is 115 g/mol. The van der Waals surface area contributed by atoms with Crippen molar-refractivity contribution in [3.8, 4) is 0 Å². The number of hydrogen-bond acceptors (Lipinski definition) is 2. The summed E-state index contributed by atoms with van der Waals surface area (Å²) in [6.45, 7) is 1.79. The Bertz CT molecular complexity index is 101. The lowest BCUT2D eigenvalue weighted by molar-refractivity contribution is -0.119. The first kappa shape index (κ1) is 5.56. The molecular weight excluding hydrogens is 106 g/mol. The Morgan fingerprint density at radius 3 is 2.62 bits per heavy atom. The molecule has 1 amide bonds. The van der Waals surface area contributed by atoms with Gasteiger partial charge in [-0.25, -0.2) is 0 Å². The molecule has 2 atom stereocenters. The lowest BCUT2D eigenvalue weighted by Crippen LogP contribution is -2.27. The average Bonchev–Trinajstić information content (AvgIpc) is 1.85. The van der Waals surface area contributed by atoms with Crippen LogP contribution in [0.4, 0.5) is 0 Å². The molecule has 1 fully saturated rings. The second kappa shape index (κ2) is 1.74. The molecule has 1 aliphatic heterocycles. The summed E-state index contributed by atoms with van der Waals surface area (Å²) in [5, 5.41) is 11.5. The van der Waals surface area contributed by atoms with E-state index in [9.17, 15) is 4.79 Å². The van der Waals surface area contributed by atoms with Crippen molar-refractivity contribution in [3.05, 3.63) is 0 Å². The lowest BCUT2D eigenvalue weighted by Gasteiger charge is -2.03. The molecule has 3 heteroatoms. The molecule has 0 radical (unpaired) electrons. The number of carbonyl (C=O) groups excluding carboxylic acids is 1. The fourth-order valence-corrected chi connectivity index (χ4v) is 0.776. The minimum atomic E-state index is -0.470. The molecule has 1 heterocycles. The standard InChI is InChI=1S/C5H9NO2/c1-3-4(7)2-5(8)6-3/h3-4,7H,2H2,1H3,(H,6,8)/t3-,4+/m0/s1. The number of aliphatic hydroxyl groups is 1. The normalized spacial score (nSPS) is 37.5. The van der Waals surface area contributed by atoms with E-state index in [-0.39, 0.29) is 18.4 Å². The van der Waals surface area contributed by atoms with Crippen molar-refractivity contribution in [1.29, 1.82) is 0 Å². The molecule has 1 saturated heterocycles. The minimum absolute atomic E-state index is 0.0509. The van der Waals surface area contributed by atoms with E-state index in [1.54, 1.807) is 6.92 Å². The van der Waals surface area contributed by atoms with Gasteiger partial charge in [-0.3, -0.25) is 4.79 Å². The van der Waals surface area contributed by atoms with E-state index in [2.05, 4.69) is 5.32 Å². The van der Waals surface area contributed by atoms with Crippen LogP contribution in [0.2, 0.25) is 0 Å². The van der Waals surface area contributed by atoms with Crippen LogP contribution < -0.4 is 5.32 Å². The lowest BCUT2D eigenvalue weighted by atomic mass is 10.2. The third kappa shape index (κ3) is 0.816. The van der Waals surface area contributed by atoms with Gasteiger partial charge in [0.25, 0.3) is 0 Å². The molecule has 46 valence electrons. The van der Waals surface area contributed by atoms with Crippen LogP contribution in [-0.2, 0) is 4.79 Å². The predicted molar refractivity (Wildman–Crippen MR) is 28.2 cm³/mol. The van der Waals surface area contributed by atoms with Crippen molar-refractivity contribution in [1.82, 2.24) is 5.32 Å². The number of amides is 1. The molecule has 1 rings (SSSR count). The summed E-state index contributed by atoms with van der Waals surface area (Å²) in [7, 11) is 0. The average molecular weight is 115 g/mol. The van der Waals surface area contributed by atoms with Crippen LogP contribution >= 0.6 is 0 Å². The summed E-state index contributed by atoms with van der Waals surface area (Å²) in [5.41, 5.74) is 0. The Kier molecular flexibility index (Phi) is 1.21. The fourth-order valence-electron chi connectivity index (χ4n) is 0.776. The van der Waals surface area contributed by atoms with E-state index in [0.29, 0.717) is 0 Å². The zero-order chi connectivity index (χ0) is 6.15. The Labute approximate surface area is 47.7 Å².